The number of hydrogen-bond acceptors (Lipinski definition) is 4. The maximum absolute atomic E-state index is 12.7. The Kier molecular flexibility index (Phi) is 4.97. The van der Waals surface area contributed by atoms with Crippen molar-refractivity contribution in [3.8, 4) is 12.3 Å². The molecule has 1 aliphatic heterocycles. The van der Waals surface area contributed by atoms with E-state index in [0.29, 0.717) is 25.3 Å². The summed E-state index contributed by atoms with van der Waals surface area (Å²) in [5, 5.41) is 0.742. The van der Waals surface area contributed by atoms with Crippen molar-refractivity contribution in [3.63, 3.8) is 0 Å². The zero-order valence-corrected chi connectivity index (χ0v) is 13.4. The Morgan fingerprint density at radius 3 is 3.08 bits per heavy atom. The second-order valence-electron chi connectivity index (χ2n) is 5.96. The summed E-state index contributed by atoms with van der Waals surface area (Å²) in [4.78, 5) is 26.6. The van der Waals surface area contributed by atoms with Gasteiger partial charge in [-0.3, -0.25) is 4.79 Å². The van der Waals surface area contributed by atoms with Crippen molar-refractivity contribution in [2.45, 2.75) is 12.8 Å². The third-order valence-corrected chi connectivity index (χ3v) is 4.22. The van der Waals surface area contributed by atoms with Crippen molar-refractivity contribution in [1.29, 1.82) is 0 Å². The molecule has 1 aromatic carbocycles. The van der Waals surface area contributed by atoms with Gasteiger partial charge in [-0.2, -0.15) is 0 Å². The average Bonchev–Trinajstić information content (AvgIpc) is 2.61. The van der Waals surface area contributed by atoms with E-state index >= 15 is 0 Å². The minimum atomic E-state index is -0.593. The van der Waals surface area contributed by atoms with Crippen molar-refractivity contribution in [1.82, 2.24) is 4.90 Å². The van der Waals surface area contributed by atoms with Gasteiger partial charge < -0.3 is 14.1 Å². The maximum atomic E-state index is 12.7. The van der Waals surface area contributed by atoms with Gasteiger partial charge in [0.1, 0.15) is 17.8 Å². The molecule has 2 heterocycles. The Hall–Kier alpha value is -2.58. The first-order valence-electron chi connectivity index (χ1n) is 8.02. The van der Waals surface area contributed by atoms with E-state index in [1.165, 1.54) is 0 Å². The van der Waals surface area contributed by atoms with E-state index in [1.54, 1.807) is 23.1 Å². The molecule has 5 nitrogen and oxygen atoms in total. The van der Waals surface area contributed by atoms with Crippen LogP contribution in [-0.2, 0) is 4.74 Å². The van der Waals surface area contributed by atoms with E-state index in [9.17, 15) is 9.59 Å². The Balaban J connectivity index is 1.77. The molecular formula is C19H19NO4. The molecule has 24 heavy (non-hydrogen) atoms. The quantitative estimate of drug-likeness (QED) is 0.492. The summed E-state index contributed by atoms with van der Waals surface area (Å²) in [5.41, 5.74) is -0.0263. The minimum absolute atomic E-state index is 0.0823. The molecule has 0 saturated carbocycles. The number of fused-ring (bicyclic) bond motifs is 1. The van der Waals surface area contributed by atoms with E-state index in [-0.39, 0.29) is 24.0 Å². The molecule has 1 fully saturated rings. The summed E-state index contributed by atoms with van der Waals surface area (Å²) in [7, 11) is 0. The largest absolute Gasteiger partial charge is 0.422 e. The van der Waals surface area contributed by atoms with E-state index in [4.69, 9.17) is 15.6 Å². The lowest BCUT2D eigenvalue weighted by Crippen LogP contribution is -2.42. The topological polar surface area (TPSA) is 59.8 Å². The third-order valence-electron chi connectivity index (χ3n) is 4.22. The fraction of sp³-hybridized carbons (Fsp3) is 0.368. The van der Waals surface area contributed by atoms with Crippen LogP contribution in [0, 0.1) is 18.3 Å². The van der Waals surface area contributed by atoms with Gasteiger partial charge in [-0.15, -0.1) is 6.42 Å². The Morgan fingerprint density at radius 2 is 2.25 bits per heavy atom. The van der Waals surface area contributed by atoms with Crippen LogP contribution in [0.2, 0.25) is 0 Å². The maximum Gasteiger partial charge on any atom is 0.349 e. The van der Waals surface area contributed by atoms with Gasteiger partial charge in [-0.1, -0.05) is 24.1 Å². The molecule has 1 saturated heterocycles. The number of benzene rings is 1. The molecular weight excluding hydrogens is 306 g/mol. The zero-order chi connectivity index (χ0) is 16.9. The normalized spacial score (nSPS) is 17.6. The van der Waals surface area contributed by atoms with Gasteiger partial charge in [0.05, 0.1) is 6.61 Å². The predicted molar refractivity (Wildman–Crippen MR) is 90.8 cm³/mol. The van der Waals surface area contributed by atoms with Gasteiger partial charge in [0, 0.05) is 24.4 Å². The first kappa shape index (κ1) is 16.3. The van der Waals surface area contributed by atoms with E-state index < -0.39 is 5.63 Å². The van der Waals surface area contributed by atoms with Crippen LogP contribution in [0.15, 0.2) is 39.5 Å². The lowest BCUT2D eigenvalue weighted by atomic mass is 9.98. The number of para-hydroxylation sites is 1. The number of amides is 1. The SMILES string of the molecule is C#CCOCC1CCCN(C(=O)c2cc3ccccc3oc2=O)C1. The summed E-state index contributed by atoms with van der Waals surface area (Å²) in [6.45, 7) is 2.01. The summed E-state index contributed by atoms with van der Waals surface area (Å²) < 4.78 is 10.6. The second kappa shape index (κ2) is 7.33. The number of carbonyl (C=O) groups excluding carboxylic acids is 1. The highest BCUT2D eigenvalue weighted by Gasteiger charge is 2.26. The first-order chi connectivity index (χ1) is 11.7. The minimum Gasteiger partial charge on any atom is -0.422 e. The molecule has 1 atom stereocenters. The van der Waals surface area contributed by atoms with Gasteiger partial charge in [0.15, 0.2) is 0 Å². The van der Waals surface area contributed by atoms with Crippen LogP contribution in [0.4, 0.5) is 0 Å². The smallest absolute Gasteiger partial charge is 0.349 e. The molecule has 124 valence electrons. The van der Waals surface area contributed by atoms with E-state index in [1.807, 2.05) is 12.1 Å². The number of nitrogens with zero attached hydrogens (tertiary/aromatic N) is 1. The molecule has 0 radical (unpaired) electrons. The third kappa shape index (κ3) is 3.50. The van der Waals surface area contributed by atoms with Gasteiger partial charge in [-0.05, 0) is 25.0 Å². The number of carbonyl (C=O) groups is 1. The van der Waals surface area contributed by atoms with Crippen molar-refractivity contribution in [2.24, 2.45) is 5.92 Å². The number of hydrogen-bond donors (Lipinski definition) is 0. The van der Waals surface area contributed by atoms with Gasteiger partial charge in [0.25, 0.3) is 5.91 Å². The molecule has 1 aliphatic rings. The van der Waals surface area contributed by atoms with Crippen LogP contribution in [0.3, 0.4) is 0 Å². The van der Waals surface area contributed by atoms with Crippen LogP contribution >= 0.6 is 0 Å². The van der Waals surface area contributed by atoms with Gasteiger partial charge in [0.2, 0.25) is 0 Å². The molecule has 3 rings (SSSR count). The molecule has 1 amide bonds. The number of rotatable bonds is 4. The lowest BCUT2D eigenvalue weighted by Gasteiger charge is -2.32. The highest BCUT2D eigenvalue weighted by Crippen LogP contribution is 2.20. The van der Waals surface area contributed by atoms with Crippen molar-refractivity contribution in [3.05, 3.63) is 46.3 Å². The van der Waals surface area contributed by atoms with Crippen molar-refractivity contribution >= 4 is 16.9 Å². The molecule has 2 aromatic rings. The molecule has 0 aliphatic carbocycles. The summed E-state index contributed by atoms with van der Waals surface area (Å²) >= 11 is 0. The van der Waals surface area contributed by atoms with Crippen LogP contribution in [-0.4, -0.2) is 37.1 Å². The molecule has 1 unspecified atom stereocenters. The average molecular weight is 325 g/mol. The number of terminal acetylenes is 1. The molecule has 0 N–H and O–H groups in total. The van der Waals surface area contributed by atoms with Crippen LogP contribution in [0.25, 0.3) is 11.0 Å². The zero-order valence-electron chi connectivity index (χ0n) is 13.4. The Morgan fingerprint density at radius 1 is 1.42 bits per heavy atom. The van der Waals surface area contributed by atoms with Crippen molar-refractivity contribution in [2.75, 3.05) is 26.3 Å². The van der Waals surface area contributed by atoms with E-state index in [0.717, 1.165) is 18.2 Å². The highest BCUT2D eigenvalue weighted by atomic mass is 16.5. The summed E-state index contributed by atoms with van der Waals surface area (Å²) in [6.07, 6.45) is 7.04. The summed E-state index contributed by atoms with van der Waals surface area (Å²) in [5.74, 6) is 2.39. The molecule has 0 spiro atoms. The van der Waals surface area contributed by atoms with Crippen LogP contribution in [0.5, 0.6) is 0 Å². The molecule has 5 heteroatoms. The van der Waals surface area contributed by atoms with Crippen molar-refractivity contribution < 1.29 is 13.9 Å². The van der Waals surface area contributed by atoms with E-state index in [2.05, 4.69) is 5.92 Å². The first-order valence-corrected chi connectivity index (χ1v) is 8.02. The fourth-order valence-corrected chi connectivity index (χ4v) is 3.05. The fourth-order valence-electron chi connectivity index (χ4n) is 3.05. The number of piperidine rings is 1. The Labute approximate surface area is 140 Å². The van der Waals surface area contributed by atoms with Crippen LogP contribution in [0.1, 0.15) is 23.2 Å². The lowest BCUT2D eigenvalue weighted by molar-refractivity contribution is 0.0531. The molecule has 0 bridgehead atoms. The van der Waals surface area contributed by atoms with Gasteiger partial charge >= 0.3 is 5.63 Å². The number of ether oxygens (including phenoxy) is 1. The monoisotopic (exact) mass is 325 g/mol. The van der Waals surface area contributed by atoms with Crippen LogP contribution < -0.4 is 5.63 Å². The summed E-state index contributed by atoms with van der Waals surface area (Å²) in [6, 6.07) is 8.78. The Bertz CT molecular complexity index is 833. The highest BCUT2D eigenvalue weighted by molar-refractivity contribution is 5.96. The standard InChI is InChI=1S/C19H19NO4/c1-2-10-23-13-14-6-5-9-20(12-14)18(21)16-11-15-7-3-4-8-17(15)24-19(16)22/h1,3-4,7-8,11,14H,5-6,9-10,12-13H2. The molecule has 1 aromatic heterocycles. The second-order valence-corrected chi connectivity index (χ2v) is 5.96. The predicted octanol–water partition coefficient (Wildman–Crippen LogP) is 2.29. The van der Waals surface area contributed by atoms with Gasteiger partial charge in [-0.25, -0.2) is 4.79 Å². The number of likely N-dealkylation sites (tertiary alicyclic amines) is 1.